The summed E-state index contributed by atoms with van der Waals surface area (Å²) in [6.45, 7) is 6.57. The minimum absolute atomic E-state index is 0.491. The second-order valence-electron chi connectivity index (χ2n) is 4.59. The van der Waals surface area contributed by atoms with Crippen LogP contribution in [0.15, 0.2) is 11.6 Å². The van der Waals surface area contributed by atoms with E-state index in [4.69, 9.17) is 0 Å². The smallest absolute Gasteiger partial charge is 0.135 e. The SMILES string of the molecule is C[Si](C)(C)C#CC(O)C1=CCCC1. The number of rotatable bonds is 1. The Kier molecular flexibility index (Phi) is 3.35. The van der Waals surface area contributed by atoms with Gasteiger partial charge in [0.05, 0.1) is 0 Å². The Morgan fingerprint density at radius 3 is 2.62 bits per heavy atom. The molecule has 0 radical (unpaired) electrons. The zero-order chi connectivity index (χ0) is 9.90. The first-order chi connectivity index (χ1) is 5.99. The van der Waals surface area contributed by atoms with Crippen LogP contribution in [-0.4, -0.2) is 19.3 Å². The van der Waals surface area contributed by atoms with Crippen molar-refractivity contribution in [2.45, 2.75) is 45.0 Å². The van der Waals surface area contributed by atoms with Crippen LogP contribution in [0.3, 0.4) is 0 Å². The summed E-state index contributed by atoms with van der Waals surface area (Å²) >= 11 is 0. The van der Waals surface area contributed by atoms with Gasteiger partial charge in [-0.3, -0.25) is 0 Å². The number of aliphatic hydroxyl groups excluding tert-OH is 1. The van der Waals surface area contributed by atoms with E-state index in [-0.39, 0.29) is 0 Å². The van der Waals surface area contributed by atoms with Gasteiger partial charge in [-0.25, -0.2) is 0 Å². The molecule has 0 spiro atoms. The molecule has 0 saturated carbocycles. The lowest BCUT2D eigenvalue weighted by atomic mass is 10.1. The maximum atomic E-state index is 9.69. The molecule has 1 nitrogen and oxygen atoms in total. The van der Waals surface area contributed by atoms with E-state index in [0.29, 0.717) is 0 Å². The molecule has 1 atom stereocenters. The van der Waals surface area contributed by atoms with Gasteiger partial charge in [-0.1, -0.05) is 31.6 Å². The van der Waals surface area contributed by atoms with Gasteiger partial charge in [0.2, 0.25) is 0 Å². The fourth-order valence-electron chi connectivity index (χ4n) is 1.32. The van der Waals surface area contributed by atoms with Crippen LogP contribution in [0.4, 0.5) is 0 Å². The summed E-state index contributed by atoms with van der Waals surface area (Å²) in [5.74, 6) is 2.96. The molecule has 0 fully saturated rings. The average Bonchev–Trinajstić information content (AvgIpc) is 2.50. The van der Waals surface area contributed by atoms with Gasteiger partial charge in [0.1, 0.15) is 14.2 Å². The van der Waals surface area contributed by atoms with Crippen LogP contribution in [0.25, 0.3) is 0 Å². The van der Waals surface area contributed by atoms with Crippen molar-refractivity contribution in [3.8, 4) is 11.5 Å². The summed E-state index contributed by atoms with van der Waals surface area (Å²) in [5.41, 5.74) is 4.33. The van der Waals surface area contributed by atoms with E-state index >= 15 is 0 Å². The Bertz CT molecular complexity index is 262. The molecule has 0 aromatic carbocycles. The van der Waals surface area contributed by atoms with Gasteiger partial charge in [-0.05, 0) is 24.8 Å². The molecular formula is C11H18OSi. The third-order valence-corrected chi connectivity index (χ3v) is 2.91. The van der Waals surface area contributed by atoms with Crippen LogP contribution >= 0.6 is 0 Å². The quantitative estimate of drug-likeness (QED) is 0.386. The summed E-state index contributed by atoms with van der Waals surface area (Å²) in [6, 6.07) is 0. The molecule has 1 aliphatic rings. The number of aliphatic hydroxyl groups is 1. The molecule has 0 saturated heterocycles. The zero-order valence-electron chi connectivity index (χ0n) is 8.72. The van der Waals surface area contributed by atoms with Crippen LogP contribution in [0, 0.1) is 11.5 Å². The van der Waals surface area contributed by atoms with E-state index in [1.54, 1.807) is 0 Å². The van der Waals surface area contributed by atoms with E-state index in [1.807, 2.05) is 0 Å². The van der Waals surface area contributed by atoms with Gasteiger partial charge < -0.3 is 5.11 Å². The van der Waals surface area contributed by atoms with Crippen molar-refractivity contribution in [3.63, 3.8) is 0 Å². The van der Waals surface area contributed by atoms with Gasteiger partial charge in [-0.2, -0.15) is 0 Å². The number of allylic oxidation sites excluding steroid dienone is 1. The highest BCUT2D eigenvalue weighted by Crippen LogP contribution is 2.20. The van der Waals surface area contributed by atoms with Gasteiger partial charge >= 0.3 is 0 Å². The first-order valence-corrected chi connectivity index (χ1v) is 8.39. The van der Waals surface area contributed by atoms with Gasteiger partial charge in [0.25, 0.3) is 0 Å². The monoisotopic (exact) mass is 194 g/mol. The molecule has 0 bridgehead atoms. The summed E-state index contributed by atoms with van der Waals surface area (Å²) in [4.78, 5) is 0. The first kappa shape index (κ1) is 10.6. The van der Waals surface area contributed by atoms with E-state index in [9.17, 15) is 5.11 Å². The highest BCUT2D eigenvalue weighted by atomic mass is 28.3. The third kappa shape index (κ3) is 3.80. The second kappa shape index (κ2) is 4.12. The molecule has 1 aliphatic carbocycles. The summed E-state index contributed by atoms with van der Waals surface area (Å²) < 4.78 is 0. The Hall–Kier alpha value is -0.523. The number of hydrogen-bond acceptors (Lipinski definition) is 1. The fraction of sp³-hybridized carbons (Fsp3) is 0.636. The molecular weight excluding hydrogens is 176 g/mol. The normalized spacial score (nSPS) is 18.9. The molecule has 0 aromatic heterocycles. The summed E-state index contributed by atoms with van der Waals surface area (Å²) in [6.07, 6.45) is 4.96. The van der Waals surface area contributed by atoms with E-state index in [1.165, 1.54) is 6.42 Å². The molecule has 0 heterocycles. The second-order valence-corrected chi connectivity index (χ2v) is 9.34. The number of hydrogen-bond donors (Lipinski definition) is 1. The van der Waals surface area contributed by atoms with Crippen molar-refractivity contribution >= 4 is 8.07 Å². The summed E-state index contributed by atoms with van der Waals surface area (Å²) in [7, 11) is -1.32. The highest BCUT2D eigenvalue weighted by Gasteiger charge is 2.13. The lowest BCUT2D eigenvalue weighted by molar-refractivity contribution is 0.265. The molecule has 0 amide bonds. The van der Waals surface area contributed by atoms with Crippen LogP contribution < -0.4 is 0 Å². The molecule has 1 N–H and O–H groups in total. The molecule has 1 rings (SSSR count). The topological polar surface area (TPSA) is 20.2 Å². The van der Waals surface area contributed by atoms with E-state index < -0.39 is 14.2 Å². The standard InChI is InChI=1S/C11H18OSi/c1-13(2,3)9-8-11(12)10-6-4-5-7-10/h6,11-12H,4-5,7H2,1-3H3. The summed E-state index contributed by atoms with van der Waals surface area (Å²) in [5, 5.41) is 9.69. The van der Waals surface area contributed by atoms with Crippen molar-refractivity contribution in [1.29, 1.82) is 0 Å². The minimum Gasteiger partial charge on any atom is -0.376 e. The van der Waals surface area contributed by atoms with E-state index in [0.717, 1.165) is 18.4 Å². The van der Waals surface area contributed by atoms with Crippen molar-refractivity contribution in [3.05, 3.63) is 11.6 Å². The first-order valence-electron chi connectivity index (χ1n) is 4.89. The molecule has 0 aromatic rings. The maximum absolute atomic E-state index is 9.69. The Labute approximate surface area is 81.9 Å². The lowest BCUT2D eigenvalue weighted by Crippen LogP contribution is -2.18. The predicted molar refractivity (Wildman–Crippen MR) is 59.1 cm³/mol. The Morgan fingerprint density at radius 1 is 1.46 bits per heavy atom. The zero-order valence-corrected chi connectivity index (χ0v) is 9.72. The van der Waals surface area contributed by atoms with Crippen LogP contribution in [-0.2, 0) is 0 Å². The van der Waals surface area contributed by atoms with Crippen molar-refractivity contribution in [1.82, 2.24) is 0 Å². The molecule has 2 heteroatoms. The Morgan fingerprint density at radius 2 is 2.15 bits per heavy atom. The van der Waals surface area contributed by atoms with E-state index in [2.05, 4.69) is 37.2 Å². The molecule has 0 aliphatic heterocycles. The highest BCUT2D eigenvalue weighted by molar-refractivity contribution is 6.83. The average molecular weight is 194 g/mol. The molecule has 13 heavy (non-hydrogen) atoms. The minimum atomic E-state index is -1.32. The largest absolute Gasteiger partial charge is 0.376 e. The van der Waals surface area contributed by atoms with Crippen LogP contribution in [0.2, 0.25) is 19.6 Å². The lowest BCUT2D eigenvalue weighted by Gasteiger charge is -2.07. The fourth-order valence-corrected chi connectivity index (χ4v) is 1.89. The third-order valence-electron chi connectivity index (χ3n) is 2.01. The van der Waals surface area contributed by atoms with Crippen LogP contribution in [0.1, 0.15) is 19.3 Å². The van der Waals surface area contributed by atoms with Crippen LogP contribution in [0.5, 0.6) is 0 Å². The van der Waals surface area contributed by atoms with Gasteiger partial charge in [0, 0.05) is 0 Å². The molecule has 72 valence electrons. The van der Waals surface area contributed by atoms with Crippen molar-refractivity contribution in [2.75, 3.05) is 0 Å². The Balaban J connectivity index is 2.57. The predicted octanol–water partition coefficient (Wildman–Crippen LogP) is 2.34. The van der Waals surface area contributed by atoms with Gasteiger partial charge in [0.15, 0.2) is 0 Å². The molecule has 1 unspecified atom stereocenters. The van der Waals surface area contributed by atoms with Crippen molar-refractivity contribution in [2.24, 2.45) is 0 Å². The van der Waals surface area contributed by atoms with Crippen molar-refractivity contribution < 1.29 is 5.11 Å². The van der Waals surface area contributed by atoms with Gasteiger partial charge in [-0.15, -0.1) is 5.54 Å². The maximum Gasteiger partial charge on any atom is 0.135 e.